The van der Waals surface area contributed by atoms with Crippen LogP contribution in [-0.4, -0.2) is 103 Å². The molecule has 4 heterocycles. The summed E-state index contributed by atoms with van der Waals surface area (Å²) in [5.74, 6) is -3.39. The Morgan fingerprint density at radius 1 is 0.869 bits per heavy atom. The highest BCUT2D eigenvalue weighted by molar-refractivity contribution is 6.31. The normalized spacial score (nSPS) is 23.9. The lowest BCUT2D eigenvalue weighted by Gasteiger charge is -2.63. The molecule has 16 heteroatoms. The van der Waals surface area contributed by atoms with E-state index in [1.165, 1.54) is 18.2 Å². The molecule has 0 spiro atoms. The predicted molar refractivity (Wildman–Crippen MR) is 222 cm³/mol. The number of ether oxygens (including phenoxy) is 1. The van der Waals surface area contributed by atoms with Gasteiger partial charge in [0.15, 0.2) is 0 Å². The van der Waals surface area contributed by atoms with Crippen molar-refractivity contribution in [3.05, 3.63) is 87.4 Å². The number of amides is 5. The van der Waals surface area contributed by atoms with E-state index in [-0.39, 0.29) is 47.4 Å². The Balaban J connectivity index is 0.814. The van der Waals surface area contributed by atoms with E-state index in [0.717, 1.165) is 43.4 Å². The van der Waals surface area contributed by atoms with Gasteiger partial charge in [-0.25, -0.2) is 8.78 Å². The van der Waals surface area contributed by atoms with Crippen molar-refractivity contribution in [2.24, 2.45) is 16.7 Å². The van der Waals surface area contributed by atoms with Crippen molar-refractivity contribution in [1.82, 2.24) is 20.4 Å². The van der Waals surface area contributed by atoms with E-state index < -0.39 is 58.0 Å². The summed E-state index contributed by atoms with van der Waals surface area (Å²) in [4.78, 5) is 71.2. The van der Waals surface area contributed by atoms with E-state index in [9.17, 15) is 29.2 Å². The van der Waals surface area contributed by atoms with Gasteiger partial charge in [-0.2, -0.15) is 5.26 Å². The van der Waals surface area contributed by atoms with Crippen molar-refractivity contribution >= 4 is 52.5 Å². The van der Waals surface area contributed by atoms with Crippen molar-refractivity contribution in [2.45, 2.75) is 71.6 Å². The zero-order valence-electron chi connectivity index (χ0n) is 34.5. The Kier molecular flexibility index (Phi) is 11.1. The van der Waals surface area contributed by atoms with E-state index in [1.54, 1.807) is 24.3 Å². The van der Waals surface area contributed by atoms with Gasteiger partial charge in [-0.15, -0.1) is 0 Å². The molecule has 2 N–H and O–H groups in total. The molecule has 5 amide bonds. The second-order valence-corrected chi connectivity index (χ2v) is 18.4. The van der Waals surface area contributed by atoms with Gasteiger partial charge in [-0.1, -0.05) is 39.3 Å². The first-order valence-electron chi connectivity index (χ1n) is 20.7. The predicted octanol–water partition coefficient (Wildman–Crippen LogP) is 5.54. The molecule has 61 heavy (non-hydrogen) atoms. The molecule has 13 nitrogen and oxygen atoms in total. The molecule has 3 saturated heterocycles. The van der Waals surface area contributed by atoms with Crippen LogP contribution < -0.4 is 25.2 Å². The van der Waals surface area contributed by atoms with Crippen molar-refractivity contribution in [3.8, 4) is 11.8 Å². The summed E-state index contributed by atoms with van der Waals surface area (Å²) in [6, 6.07) is 12.8. The maximum absolute atomic E-state index is 15.6. The van der Waals surface area contributed by atoms with E-state index in [4.69, 9.17) is 16.3 Å². The third-order valence-corrected chi connectivity index (χ3v) is 13.7. The van der Waals surface area contributed by atoms with Crippen LogP contribution in [0.1, 0.15) is 90.0 Å². The number of piperidine rings is 2. The average molecular weight is 856 g/mol. The molecule has 320 valence electrons. The topological polar surface area (TPSA) is 155 Å². The highest BCUT2D eigenvalue weighted by Crippen LogP contribution is 2.55. The lowest BCUT2D eigenvalue weighted by Crippen LogP contribution is -2.74. The molecule has 1 unspecified atom stereocenters. The Bertz CT molecular complexity index is 2350. The highest BCUT2D eigenvalue weighted by atomic mass is 35.5. The summed E-state index contributed by atoms with van der Waals surface area (Å²) >= 11 is 6.23. The van der Waals surface area contributed by atoms with Gasteiger partial charge in [-0.3, -0.25) is 39.1 Å². The Morgan fingerprint density at radius 3 is 2.16 bits per heavy atom. The van der Waals surface area contributed by atoms with E-state index in [2.05, 4.69) is 20.4 Å². The number of carbonyl (C=O) groups excluding carboxylic acids is 5. The van der Waals surface area contributed by atoms with E-state index in [1.807, 2.05) is 38.7 Å². The number of piperazine rings is 1. The van der Waals surface area contributed by atoms with Gasteiger partial charge in [0.1, 0.15) is 35.6 Å². The van der Waals surface area contributed by atoms with Crippen molar-refractivity contribution in [2.75, 3.05) is 55.6 Å². The van der Waals surface area contributed by atoms with Crippen molar-refractivity contribution < 1.29 is 37.5 Å². The largest absolute Gasteiger partial charge is 0.489 e. The van der Waals surface area contributed by atoms with Crippen LogP contribution in [0, 0.1) is 39.7 Å². The summed E-state index contributed by atoms with van der Waals surface area (Å²) in [6.45, 7) is 12.9. The van der Waals surface area contributed by atoms with Crippen LogP contribution in [0.2, 0.25) is 5.02 Å². The van der Waals surface area contributed by atoms with E-state index in [0.29, 0.717) is 54.1 Å². The van der Waals surface area contributed by atoms with Crippen LogP contribution in [0.25, 0.3) is 0 Å². The molecule has 1 atom stereocenters. The van der Waals surface area contributed by atoms with Crippen LogP contribution in [0.4, 0.5) is 20.2 Å². The van der Waals surface area contributed by atoms with Crippen LogP contribution in [0.15, 0.2) is 48.5 Å². The lowest BCUT2D eigenvalue weighted by molar-refractivity contribution is -0.164. The lowest BCUT2D eigenvalue weighted by atomic mass is 9.49. The summed E-state index contributed by atoms with van der Waals surface area (Å²) in [6.07, 6.45) is 1.34. The SMILES string of the molecule is CC1(C)[C@H](NC(=O)c2ccc(N3CCN(CC4CCN(c5cc6c(cc5F)C(=O)N(C5CCC(=O)NC5=O)C6=O)CC4)CC3)cc2F)C(C)(C)[C@H]1Oc1ccc(C#N)c(Cl)c1. The van der Waals surface area contributed by atoms with Crippen molar-refractivity contribution in [3.63, 3.8) is 0 Å². The highest BCUT2D eigenvalue weighted by Gasteiger charge is 2.64. The Hall–Kier alpha value is -5.59. The molecule has 1 saturated carbocycles. The fourth-order valence-corrected chi connectivity index (χ4v) is 10.5. The number of imide groups is 2. The molecule has 0 radical (unpaired) electrons. The number of benzene rings is 3. The van der Waals surface area contributed by atoms with Crippen LogP contribution in [0.5, 0.6) is 5.75 Å². The average Bonchev–Trinajstić information content (AvgIpc) is 3.46. The minimum Gasteiger partial charge on any atom is -0.489 e. The number of anilines is 2. The number of hydrogen-bond acceptors (Lipinski definition) is 10. The second-order valence-electron chi connectivity index (χ2n) is 18.0. The zero-order valence-corrected chi connectivity index (χ0v) is 35.3. The minimum absolute atomic E-state index is 0.00245. The number of rotatable bonds is 9. The number of nitrogens with one attached hydrogen (secondary N) is 2. The molecule has 3 aromatic carbocycles. The molecule has 4 aliphatic heterocycles. The maximum atomic E-state index is 15.6. The molecule has 0 aromatic heterocycles. The van der Waals surface area contributed by atoms with Crippen LogP contribution in [-0.2, 0) is 9.59 Å². The van der Waals surface area contributed by atoms with Crippen molar-refractivity contribution in [1.29, 1.82) is 5.26 Å². The minimum atomic E-state index is -1.12. The maximum Gasteiger partial charge on any atom is 0.262 e. The summed E-state index contributed by atoms with van der Waals surface area (Å²) in [5, 5.41) is 14.7. The van der Waals surface area contributed by atoms with Crippen LogP contribution in [0.3, 0.4) is 0 Å². The number of nitriles is 1. The quantitative estimate of drug-likeness (QED) is 0.262. The third-order valence-electron chi connectivity index (χ3n) is 13.3. The monoisotopic (exact) mass is 855 g/mol. The first kappa shape index (κ1) is 42.1. The van der Waals surface area contributed by atoms with Crippen LogP contribution >= 0.6 is 11.6 Å². The van der Waals surface area contributed by atoms with Gasteiger partial charge in [0.05, 0.1) is 33.0 Å². The fraction of sp³-hybridized carbons (Fsp3) is 0.467. The molecular formula is C45H48ClF2N7O6. The third kappa shape index (κ3) is 7.69. The fourth-order valence-electron chi connectivity index (χ4n) is 10.3. The van der Waals surface area contributed by atoms with Gasteiger partial charge in [0.2, 0.25) is 11.8 Å². The number of fused-ring (bicyclic) bond motifs is 1. The Labute approximate surface area is 357 Å². The van der Waals surface area contributed by atoms with Gasteiger partial charge in [0.25, 0.3) is 17.7 Å². The molecule has 0 bridgehead atoms. The summed E-state index contributed by atoms with van der Waals surface area (Å²) in [5.41, 5.74) is 0.252. The first-order valence-corrected chi connectivity index (χ1v) is 21.1. The molecule has 1 aliphatic carbocycles. The number of hydrogen-bond donors (Lipinski definition) is 2. The molecule has 5 aliphatic rings. The molecular weight excluding hydrogens is 808 g/mol. The van der Waals surface area contributed by atoms with Gasteiger partial charge in [0, 0.05) is 80.9 Å². The summed E-state index contributed by atoms with van der Waals surface area (Å²) in [7, 11) is 0. The number of halogens is 3. The van der Waals surface area contributed by atoms with E-state index >= 15 is 8.78 Å². The molecule has 8 rings (SSSR count). The van der Waals surface area contributed by atoms with Gasteiger partial charge >= 0.3 is 0 Å². The zero-order chi connectivity index (χ0) is 43.5. The first-order chi connectivity index (χ1) is 29.0. The molecule has 3 aromatic rings. The standard InChI is InChI=1S/C45H48ClF2N7O6/c1-44(2)42(45(3,4)43(44)61-28-7-5-26(23-49)32(46)20-28)51-38(57)29-8-6-27(19-33(29)47)53-17-15-52(16-18-53)24-25-11-13-54(14-12-25)36-22-31-30(21-34(36)48)40(59)55(41(31)60)35-9-10-37(56)50-39(35)58/h5-8,19-22,25,35,42-43H,9-18,24H2,1-4H3,(H,51,57)(H,50,56,58)/t35?,42-,43-. The number of nitrogens with zero attached hydrogens (tertiary/aromatic N) is 5. The van der Waals surface area contributed by atoms with Gasteiger partial charge < -0.3 is 19.9 Å². The smallest absolute Gasteiger partial charge is 0.262 e. The van der Waals surface area contributed by atoms with Gasteiger partial charge in [-0.05, 0) is 67.6 Å². The summed E-state index contributed by atoms with van der Waals surface area (Å²) < 4.78 is 37.4. The second kappa shape index (κ2) is 16.0. The molecule has 4 fully saturated rings. The Morgan fingerprint density at radius 2 is 1.54 bits per heavy atom. The number of carbonyl (C=O) groups is 5.